The molecule has 1 aromatic heterocycles. The first-order valence-electron chi connectivity index (χ1n) is 8.91. The SMILES string of the molecule is [CH2-]c1cc(-c2nc3n(c2C(C)C)CCN(C(=O)CN)C3(C)C)ccc1F.[CH3-].[U+2]. The van der Waals surface area contributed by atoms with Gasteiger partial charge in [-0.15, -0.1) is 0 Å². The van der Waals surface area contributed by atoms with Crippen molar-refractivity contribution < 1.29 is 40.3 Å². The van der Waals surface area contributed by atoms with Crippen molar-refractivity contribution in [3.05, 3.63) is 55.4 Å². The molecule has 1 aromatic carbocycles. The van der Waals surface area contributed by atoms with Gasteiger partial charge in [0.05, 0.1) is 17.8 Å². The Hall–Kier alpha value is -1.29. The minimum absolute atomic E-state index is 0. The summed E-state index contributed by atoms with van der Waals surface area (Å²) >= 11 is 0. The predicted octanol–water partition coefficient (Wildman–Crippen LogP) is 3.48. The summed E-state index contributed by atoms with van der Waals surface area (Å²) in [7, 11) is 0. The fraction of sp³-hybridized carbons (Fsp3) is 0.429. The molecule has 5 nitrogen and oxygen atoms in total. The zero-order valence-corrected chi connectivity index (χ0v) is 21.5. The number of rotatable bonds is 3. The van der Waals surface area contributed by atoms with Crippen LogP contribution in [0.5, 0.6) is 0 Å². The number of amides is 1. The summed E-state index contributed by atoms with van der Waals surface area (Å²) in [5, 5.41) is 0. The van der Waals surface area contributed by atoms with Gasteiger partial charge in [0.15, 0.2) is 0 Å². The molecule has 2 aromatic rings. The second-order valence-electron chi connectivity index (χ2n) is 7.59. The maximum Gasteiger partial charge on any atom is 2.00 e. The summed E-state index contributed by atoms with van der Waals surface area (Å²) in [5.41, 5.74) is 8.14. The van der Waals surface area contributed by atoms with Crippen LogP contribution in [-0.4, -0.2) is 33.4 Å². The summed E-state index contributed by atoms with van der Waals surface area (Å²) in [6.07, 6.45) is 0. The first-order valence-corrected chi connectivity index (χ1v) is 8.91. The summed E-state index contributed by atoms with van der Waals surface area (Å²) in [6, 6.07) is 4.89. The fourth-order valence-electron chi connectivity index (χ4n) is 3.83. The fourth-order valence-corrected chi connectivity index (χ4v) is 3.83. The average Bonchev–Trinajstić information content (AvgIpc) is 2.98. The number of benzene rings is 1. The molecule has 0 bridgehead atoms. The Kier molecular flexibility index (Phi) is 7.98. The van der Waals surface area contributed by atoms with Gasteiger partial charge in [-0.25, -0.2) is 4.98 Å². The number of imidazole rings is 1. The molecular formula is C21H29FN4OU. The number of nitrogens with zero attached hydrogens (tertiary/aromatic N) is 3. The van der Waals surface area contributed by atoms with E-state index in [4.69, 9.17) is 10.7 Å². The van der Waals surface area contributed by atoms with Gasteiger partial charge >= 0.3 is 31.1 Å². The normalized spacial score (nSPS) is 14.9. The maximum absolute atomic E-state index is 13.7. The number of nitrogens with two attached hydrogens (primary N) is 1. The first kappa shape index (κ1) is 24.7. The molecule has 3 rings (SSSR count). The van der Waals surface area contributed by atoms with E-state index >= 15 is 0 Å². The van der Waals surface area contributed by atoms with Crippen LogP contribution in [0, 0.1) is 51.3 Å². The number of aromatic nitrogens is 2. The molecule has 150 valence electrons. The van der Waals surface area contributed by atoms with E-state index < -0.39 is 5.54 Å². The van der Waals surface area contributed by atoms with Crippen LogP contribution in [0.15, 0.2) is 18.2 Å². The Bertz CT molecular complexity index is 860. The van der Waals surface area contributed by atoms with E-state index in [1.807, 2.05) is 13.8 Å². The van der Waals surface area contributed by atoms with Crippen LogP contribution in [-0.2, 0) is 16.9 Å². The van der Waals surface area contributed by atoms with E-state index in [9.17, 15) is 9.18 Å². The molecule has 1 amide bonds. The maximum atomic E-state index is 13.7. The Morgan fingerprint density at radius 3 is 2.54 bits per heavy atom. The number of hydrogen-bond acceptors (Lipinski definition) is 3. The minimum atomic E-state index is -0.566. The molecule has 7 heteroatoms. The summed E-state index contributed by atoms with van der Waals surface area (Å²) in [4.78, 5) is 19.0. The minimum Gasteiger partial charge on any atom is -0.358 e. The van der Waals surface area contributed by atoms with Crippen LogP contribution < -0.4 is 5.73 Å². The Balaban J connectivity index is 0.00000196. The van der Waals surface area contributed by atoms with Gasteiger partial charge in [0.1, 0.15) is 5.82 Å². The van der Waals surface area contributed by atoms with Gasteiger partial charge in [-0.1, -0.05) is 31.5 Å². The topological polar surface area (TPSA) is 64.2 Å². The van der Waals surface area contributed by atoms with E-state index in [0.717, 1.165) is 22.8 Å². The second-order valence-corrected chi connectivity index (χ2v) is 7.59. The van der Waals surface area contributed by atoms with Crippen molar-refractivity contribution >= 4 is 5.91 Å². The smallest absolute Gasteiger partial charge is 0.358 e. The van der Waals surface area contributed by atoms with E-state index in [-0.39, 0.29) is 62.7 Å². The molecule has 2 heterocycles. The van der Waals surface area contributed by atoms with E-state index in [1.54, 1.807) is 17.0 Å². The van der Waals surface area contributed by atoms with Crippen molar-refractivity contribution in [1.82, 2.24) is 14.5 Å². The van der Waals surface area contributed by atoms with Crippen molar-refractivity contribution in [3.8, 4) is 11.3 Å². The number of carbonyl (C=O) groups is 1. The number of halogens is 1. The Labute approximate surface area is 191 Å². The zero-order chi connectivity index (χ0) is 19.2. The van der Waals surface area contributed by atoms with Crippen molar-refractivity contribution in [2.75, 3.05) is 13.1 Å². The van der Waals surface area contributed by atoms with Crippen LogP contribution in [0.1, 0.15) is 50.7 Å². The molecule has 0 saturated carbocycles. The van der Waals surface area contributed by atoms with Crippen LogP contribution >= 0.6 is 0 Å². The molecule has 1 aliphatic rings. The number of carbonyl (C=O) groups excluding carboxylic acids is 1. The quantitative estimate of drug-likeness (QED) is 0.542. The first-order chi connectivity index (χ1) is 12.2. The number of hydrogen-bond donors (Lipinski definition) is 1. The van der Waals surface area contributed by atoms with Gasteiger partial charge < -0.3 is 22.6 Å². The van der Waals surface area contributed by atoms with Crippen LogP contribution in [0.2, 0.25) is 0 Å². The third-order valence-corrected chi connectivity index (χ3v) is 5.12. The van der Waals surface area contributed by atoms with E-state index in [2.05, 4.69) is 25.3 Å². The van der Waals surface area contributed by atoms with Crippen LogP contribution in [0.3, 0.4) is 0 Å². The van der Waals surface area contributed by atoms with E-state index in [1.165, 1.54) is 6.07 Å². The molecule has 0 radical (unpaired) electrons. The van der Waals surface area contributed by atoms with Gasteiger partial charge in [-0.2, -0.15) is 18.6 Å². The summed E-state index contributed by atoms with van der Waals surface area (Å²) in [6.45, 7) is 13.2. The van der Waals surface area contributed by atoms with Gasteiger partial charge in [-0.3, -0.25) is 9.18 Å². The Morgan fingerprint density at radius 1 is 1.36 bits per heavy atom. The molecular weight excluding hydrogens is 581 g/mol. The molecule has 0 unspecified atom stereocenters. The molecule has 28 heavy (non-hydrogen) atoms. The van der Waals surface area contributed by atoms with Crippen LogP contribution in [0.25, 0.3) is 11.3 Å². The molecule has 0 fully saturated rings. The molecule has 2 N–H and O–H groups in total. The molecule has 0 atom stereocenters. The van der Waals surface area contributed by atoms with Gasteiger partial charge in [0.2, 0.25) is 5.91 Å². The largest absolute Gasteiger partial charge is 2.00 e. The standard InChI is InChI=1S/C20H26FN4O.CH3.U/c1-12(2)18-17(14-6-7-15(21)13(3)10-14)23-19-20(4,5)25(16(26)11-22)9-8-24(18)19;;/h6-7,10,12H,3,8-9,11,22H2,1-2,4-5H3;1H3;/q2*-1;+2. The number of fused-ring (bicyclic) bond motifs is 1. The predicted molar refractivity (Wildman–Crippen MR) is 106 cm³/mol. The van der Waals surface area contributed by atoms with Crippen molar-refractivity contribution in [2.45, 2.75) is 45.7 Å². The van der Waals surface area contributed by atoms with Gasteiger partial charge in [0.25, 0.3) is 0 Å². The van der Waals surface area contributed by atoms with Crippen molar-refractivity contribution in [2.24, 2.45) is 5.73 Å². The summed E-state index contributed by atoms with van der Waals surface area (Å²) in [5.74, 6) is 0.652. The molecule has 0 saturated heterocycles. The molecule has 0 aliphatic carbocycles. The van der Waals surface area contributed by atoms with Crippen molar-refractivity contribution in [3.63, 3.8) is 0 Å². The monoisotopic (exact) mass is 610 g/mol. The average molecular weight is 611 g/mol. The third kappa shape index (κ3) is 4.03. The molecule has 0 spiro atoms. The van der Waals surface area contributed by atoms with Gasteiger partial charge in [-0.05, 0) is 19.8 Å². The molecule has 1 aliphatic heterocycles. The van der Waals surface area contributed by atoms with Crippen molar-refractivity contribution in [1.29, 1.82) is 0 Å². The van der Waals surface area contributed by atoms with Gasteiger partial charge in [0, 0.05) is 24.6 Å². The van der Waals surface area contributed by atoms with Crippen LogP contribution in [0.4, 0.5) is 4.39 Å². The zero-order valence-electron chi connectivity index (χ0n) is 17.3. The summed E-state index contributed by atoms with van der Waals surface area (Å²) < 4.78 is 15.9. The second kappa shape index (κ2) is 9.02. The Morgan fingerprint density at radius 2 is 2.00 bits per heavy atom. The third-order valence-electron chi connectivity index (χ3n) is 5.12. The van der Waals surface area contributed by atoms with E-state index in [0.29, 0.717) is 18.7 Å².